The molecule has 2 rings (SSSR count). The Balaban J connectivity index is 2.16. The number of carbonyl (C=O) groups is 1. The molecule has 1 unspecified atom stereocenters. The van der Waals surface area contributed by atoms with Gasteiger partial charge < -0.3 is 10.2 Å². The Morgan fingerprint density at radius 3 is 3.00 bits per heavy atom. The highest BCUT2D eigenvalue weighted by Gasteiger charge is 2.29. The Kier molecular flexibility index (Phi) is 3.58. The molecule has 0 bridgehead atoms. The van der Waals surface area contributed by atoms with E-state index in [9.17, 15) is 4.79 Å². The van der Waals surface area contributed by atoms with E-state index >= 15 is 0 Å². The molecule has 7 heteroatoms. The van der Waals surface area contributed by atoms with Gasteiger partial charge in [-0.25, -0.2) is 4.98 Å². The van der Waals surface area contributed by atoms with E-state index < -0.39 is 6.04 Å². The van der Waals surface area contributed by atoms with Gasteiger partial charge in [0.15, 0.2) is 0 Å². The second-order valence-electron chi connectivity index (χ2n) is 4.55. The molecular weight excluding hydrogens is 232 g/mol. The molecule has 1 aromatic heterocycles. The van der Waals surface area contributed by atoms with Crippen molar-refractivity contribution < 1.29 is 4.79 Å². The van der Waals surface area contributed by atoms with Crippen molar-refractivity contribution in [2.45, 2.75) is 25.8 Å². The second kappa shape index (κ2) is 5.14. The first-order chi connectivity index (χ1) is 8.63. The molecule has 1 saturated heterocycles. The molecule has 1 aliphatic rings. The topological polar surface area (TPSA) is 97.7 Å². The number of nitrogens with one attached hydrogen (secondary N) is 2. The quantitative estimate of drug-likeness (QED) is 0.759. The van der Waals surface area contributed by atoms with Crippen molar-refractivity contribution in [3.8, 4) is 6.07 Å². The maximum Gasteiger partial charge on any atom is 0.294 e. The van der Waals surface area contributed by atoms with Crippen LogP contribution >= 0.6 is 0 Å². The molecule has 1 aliphatic heterocycles. The second-order valence-corrected chi connectivity index (χ2v) is 4.55. The van der Waals surface area contributed by atoms with Gasteiger partial charge in [-0.2, -0.15) is 5.26 Å². The van der Waals surface area contributed by atoms with E-state index in [1.807, 2.05) is 13.8 Å². The number of hydrogen-bond donors (Lipinski definition) is 2. The summed E-state index contributed by atoms with van der Waals surface area (Å²) in [5.41, 5.74) is 0. The van der Waals surface area contributed by atoms with Crippen LogP contribution in [0.5, 0.6) is 0 Å². The van der Waals surface area contributed by atoms with Gasteiger partial charge in [-0.3, -0.25) is 9.89 Å². The van der Waals surface area contributed by atoms with Crippen LogP contribution in [0.15, 0.2) is 0 Å². The lowest BCUT2D eigenvalue weighted by molar-refractivity contribution is 0.0675. The van der Waals surface area contributed by atoms with Crippen LogP contribution in [0.25, 0.3) is 0 Å². The van der Waals surface area contributed by atoms with Crippen LogP contribution in [0.2, 0.25) is 0 Å². The number of H-pyrrole nitrogens is 1. The van der Waals surface area contributed by atoms with Crippen molar-refractivity contribution in [2.24, 2.45) is 0 Å². The number of aromatic amines is 1. The normalized spacial score (nSPS) is 19.9. The summed E-state index contributed by atoms with van der Waals surface area (Å²) in [4.78, 5) is 17.9. The van der Waals surface area contributed by atoms with Crippen LogP contribution in [-0.4, -0.2) is 51.7 Å². The predicted octanol–water partition coefficient (Wildman–Crippen LogP) is -0.134. The largest absolute Gasteiger partial charge is 0.317 e. The lowest BCUT2D eigenvalue weighted by Crippen LogP contribution is -2.53. The molecule has 0 aromatic carbocycles. The van der Waals surface area contributed by atoms with Gasteiger partial charge in [-0.05, 0) is 0 Å². The van der Waals surface area contributed by atoms with Gasteiger partial charge in [0.1, 0.15) is 11.9 Å². The van der Waals surface area contributed by atoms with Crippen molar-refractivity contribution in [2.75, 3.05) is 19.6 Å². The summed E-state index contributed by atoms with van der Waals surface area (Å²) in [7, 11) is 0. The Morgan fingerprint density at radius 2 is 2.39 bits per heavy atom. The van der Waals surface area contributed by atoms with Crippen LogP contribution in [0, 0.1) is 11.3 Å². The first kappa shape index (κ1) is 12.5. The zero-order chi connectivity index (χ0) is 13.1. The van der Waals surface area contributed by atoms with Crippen molar-refractivity contribution in [1.29, 1.82) is 5.26 Å². The van der Waals surface area contributed by atoms with Crippen LogP contribution in [0.4, 0.5) is 0 Å². The Morgan fingerprint density at radius 1 is 1.61 bits per heavy atom. The van der Waals surface area contributed by atoms with E-state index in [1.165, 1.54) is 4.90 Å². The molecule has 1 amide bonds. The zero-order valence-corrected chi connectivity index (χ0v) is 10.5. The number of piperazine rings is 1. The van der Waals surface area contributed by atoms with E-state index in [0.717, 1.165) is 0 Å². The summed E-state index contributed by atoms with van der Waals surface area (Å²) >= 11 is 0. The molecule has 2 N–H and O–H groups in total. The fourth-order valence-electron chi connectivity index (χ4n) is 1.82. The smallest absolute Gasteiger partial charge is 0.294 e. The van der Waals surface area contributed by atoms with Gasteiger partial charge in [0.05, 0.1) is 6.07 Å². The van der Waals surface area contributed by atoms with Crippen LogP contribution in [0.1, 0.15) is 36.2 Å². The maximum absolute atomic E-state index is 12.2. The monoisotopic (exact) mass is 248 g/mol. The first-order valence-corrected chi connectivity index (χ1v) is 5.97. The molecule has 1 atom stereocenters. The number of nitriles is 1. The van der Waals surface area contributed by atoms with Crippen LogP contribution < -0.4 is 5.32 Å². The number of nitrogens with zero attached hydrogens (tertiary/aromatic N) is 4. The fraction of sp³-hybridized carbons (Fsp3) is 0.636. The van der Waals surface area contributed by atoms with Gasteiger partial charge >= 0.3 is 0 Å². The number of aromatic nitrogens is 3. The van der Waals surface area contributed by atoms with Crippen LogP contribution in [-0.2, 0) is 0 Å². The zero-order valence-electron chi connectivity index (χ0n) is 10.5. The minimum atomic E-state index is -0.452. The number of hydrogen-bond acceptors (Lipinski definition) is 5. The minimum Gasteiger partial charge on any atom is -0.317 e. The molecule has 96 valence electrons. The van der Waals surface area contributed by atoms with Gasteiger partial charge in [0.2, 0.25) is 5.82 Å². The molecule has 0 saturated carbocycles. The third-order valence-corrected chi connectivity index (χ3v) is 2.89. The van der Waals surface area contributed by atoms with Gasteiger partial charge in [-0.15, -0.1) is 5.10 Å². The molecule has 7 nitrogen and oxygen atoms in total. The third-order valence-electron chi connectivity index (χ3n) is 2.89. The standard InChI is InChI=1S/C11H16N6O/c1-7(2)9-14-10(16-15-9)11(18)17-4-3-13-6-8(17)5-12/h7-8,13H,3-4,6H2,1-2H3,(H,14,15,16). The molecule has 0 radical (unpaired) electrons. The van der Waals surface area contributed by atoms with Crippen LogP contribution in [0.3, 0.4) is 0 Å². The van der Waals surface area contributed by atoms with Crippen molar-refractivity contribution in [3.63, 3.8) is 0 Å². The van der Waals surface area contributed by atoms with Gasteiger partial charge in [0, 0.05) is 25.6 Å². The summed E-state index contributed by atoms with van der Waals surface area (Å²) in [5, 5.41) is 18.8. The highest BCUT2D eigenvalue weighted by atomic mass is 16.2. The average molecular weight is 248 g/mol. The number of rotatable bonds is 2. The van der Waals surface area contributed by atoms with E-state index in [0.29, 0.717) is 25.5 Å². The van der Waals surface area contributed by atoms with E-state index in [-0.39, 0.29) is 17.6 Å². The Labute approximate surface area is 105 Å². The van der Waals surface area contributed by atoms with E-state index in [1.54, 1.807) is 0 Å². The number of amides is 1. The SMILES string of the molecule is CC(C)c1nc(C(=O)N2CCNCC2C#N)n[nH]1. The number of carbonyl (C=O) groups excluding carboxylic acids is 1. The fourth-order valence-corrected chi connectivity index (χ4v) is 1.82. The summed E-state index contributed by atoms with van der Waals surface area (Å²) < 4.78 is 0. The molecule has 2 heterocycles. The first-order valence-electron chi connectivity index (χ1n) is 5.97. The van der Waals surface area contributed by atoms with Crippen molar-refractivity contribution in [1.82, 2.24) is 25.4 Å². The molecule has 1 fully saturated rings. The lowest BCUT2D eigenvalue weighted by Gasteiger charge is -2.30. The third kappa shape index (κ3) is 2.33. The Hall–Kier alpha value is -1.94. The summed E-state index contributed by atoms with van der Waals surface area (Å²) in [6.07, 6.45) is 0. The lowest BCUT2D eigenvalue weighted by atomic mass is 10.2. The van der Waals surface area contributed by atoms with Crippen molar-refractivity contribution in [3.05, 3.63) is 11.6 Å². The molecule has 1 aromatic rings. The summed E-state index contributed by atoms with van der Waals surface area (Å²) in [6.45, 7) is 5.62. The molecule has 0 spiro atoms. The van der Waals surface area contributed by atoms with Gasteiger partial charge in [0.25, 0.3) is 5.91 Å². The molecule has 18 heavy (non-hydrogen) atoms. The van der Waals surface area contributed by atoms with Gasteiger partial charge in [-0.1, -0.05) is 13.8 Å². The molecule has 0 aliphatic carbocycles. The summed E-state index contributed by atoms with van der Waals surface area (Å²) in [6, 6.07) is 1.66. The van der Waals surface area contributed by atoms with E-state index in [2.05, 4.69) is 26.6 Å². The van der Waals surface area contributed by atoms with E-state index in [4.69, 9.17) is 5.26 Å². The highest BCUT2D eigenvalue weighted by molar-refractivity contribution is 5.91. The highest BCUT2D eigenvalue weighted by Crippen LogP contribution is 2.11. The molecular formula is C11H16N6O. The predicted molar refractivity (Wildman–Crippen MR) is 63.8 cm³/mol. The maximum atomic E-state index is 12.2. The van der Waals surface area contributed by atoms with Crippen molar-refractivity contribution >= 4 is 5.91 Å². The Bertz CT molecular complexity index is 474. The minimum absolute atomic E-state index is 0.140. The summed E-state index contributed by atoms with van der Waals surface area (Å²) in [5.74, 6) is 0.725. The average Bonchev–Trinajstić information content (AvgIpc) is 2.87.